The quantitative estimate of drug-likeness (QED) is 0.359. The number of pyridine rings is 1. The standard InChI is InChI=1S/C30H37N7O4/c1-6-7-17-36-24-25(33-27(36)35-16-10-12-21(18-35)32-28(39)41-30(2,3)4)34(5)29(40)37(26(24)38)19-23-22-13-9-8-11-20(22)14-15-31-23/h6-9,11,13-15,21H,10,12,16-19H2,1-5H3,(H,32,39). The van der Waals surface area contributed by atoms with E-state index in [1.807, 2.05) is 74.7 Å². The molecular weight excluding hydrogens is 522 g/mol. The fraction of sp³-hybridized carbons (Fsp3) is 0.433. The number of benzene rings is 1. The highest BCUT2D eigenvalue weighted by Gasteiger charge is 2.29. The second-order valence-corrected chi connectivity index (χ2v) is 11.4. The zero-order chi connectivity index (χ0) is 29.3. The molecule has 41 heavy (non-hydrogen) atoms. The summed E-state index contributed by atoms with van der Waals surface area (Å²) in [5.74, 6) is 0.585. The van der Waals surface area contributed by atoms with Crippen LogP contribution >= 0.6 is 0 Å². The molecule has 1 fully saturated rings. The summed E-state index contributed by atoms with van der Waals surface area (Å²) >= 11 is 0. The van der Waals surface area contributed by atoms with Crippen LogP contribution in [-0.4, -0.2) is 54.5 Å². The average Bonchev–Trinajstić information content (AvgIpc) is 3.32. The molecule has 1 aliphatic rings. The van der Waals surface area contributed by atoms with Crippen molar-refractivity contribution in [2.45, 2.75) is 65.3 Å². The first-order valence-electron chi connectivity index (χ1n) is 14.0. The Labute approximate surface area is 238 Å². The van der Waals surface area contributed by atoms with Crippen molar-refractivity contribution >= 4 is 34.0 Å². The molecule has 0 bridgehead atoms. The van der Waals surface area contributed by atoms with E-state index in [4.69, 9.17) is 9.72 Å². The van der Waals surface area contributed by atoms with Gasteiger partial charge in [-0.2, -0.15) is 4.98 Å². The third-order valence-electron chi connectivity index (χ3n) is 7.23. The van der Waals surface area contributed by atoms with Crippen LogP contribution in [0.15, 0.2) is 58.3 Å². The van der Waals surface area contributed by atoms with E-state index in [1.54, 1.807) is 13.2 Å². The minimum absolute atomic E-state index is 0.0402. The Bertz CT molecular complexity index is 1740. The van der Waals surface area contributed by atoms with Gasteiger partial charge in [-0.25, -0.2) is 9.59 Å². The third-order valence-corrected chi connectivity index (χ3v) is 7.23. The van der Waals surface area contributed by atoms with E-state index >= 15 is 0 Å². The van der Waals surface area contributed by atoms with Crippen LogP contribution < -0.4 is 21.5 Å². The lowest BCUT2D eigenvalue weighted by Crippen LogP contribution is -2.49. The number of allylic oxidation sites excluding steroid dienone is 2. The molecule has 1 atom stereocenters. The van der Waals surface area contributed by atoms with E-state index in [-0.39, 0.29) is 12.6 Å². The summed E-state index contributed by atoms with van der Waals surface area (Å²) in [6, 6.07) is 9.54. The number of carbonyl (C=O) groups excluding carboxylic acids is 1. The first kappa shape index (κ1) is 28.1. The molecule has 1 amide bonds. The third kappa shape index (κ3) is 5.75. The molecule has 11 nitrogen and oxygen atoms in total. The van der Waals surface area contributed by atoms with E-state index in [2.05, 4.69) is 15.2 Å². The maximum atomic E-state index is 14.0. The molecule has 4 aromatic rings. The van der Waals surface area contributed by atoms with E-state index in [0.29, 0.717) is 42.4 Å². The second kappa shape index (κ2) is 11.2. The highest BCUT2D eigenvalue weighted by molar-refractivity contribution is 5.84. The summed E-state index contributed by atoms with van der Waals surface area (Å²) < 4.78 is 9.98. The highest BCUT2D eigenvalue weighted by Crippen LogP contribution is 2.24. The van der Waals surface area contributed by atoms with Gasteiger partial charge in [0.15, 0.2) is 11.2 Å². The number of aromatic nitrogens is 5. The van der Waals surface area contributed by atoms with Crippen LogP contribution in [-0.2, 0) is 24.9 Å². The Morgan fingerprint density at radius 2 is 1.95 bits per heavy atom. The molecule has 216 valence electrons. The fourth-order valence-corrected chi connectivity index (χ4v) is 5.33. The van der Waals surface area contributed by atoms with Gasteiger partial charge in [0.2, 0.25) is 5.95 Å². The van der Waals surface area contributed by atoms with Gasteiger partial charge in [-0.1, -0.05) is 36.4 Å². The smallest absolute Gasteiger partial charge is 0.407 e. The molecule has 1 aliphatic heterocycles. The van der Waals surface area contributed by atoms with Crippen LogP contribution in [0.1, 0.15) is 46.2 Å². The number of anilines is 1. The number of piperidine rings is 1. The lowest BCUT2D eigenvalue weighted by Gasteiger charge is -2.34. The molecule has 5 rings (SSSR count). The molecule has 11 heteroatoms. The van der Waals surface area contributed by atoms with Crippen molar-refractivity contribution in [2.75, 3.05) is 18.0 Å². The number of aryl methyl sites for hydroxylation is 1. The number of rotatable bonds is 6. The molecule has 1 unspecified atom stereocenters. The summed E-state index contributed by atoms with van der Waals surface area (Å²) in [7, 11) is 1.64. The second-order valence-electron chi connectivity index (χ2n) is 11.4. The van der Waals surface area contributed by atoms with Gasteiger partial charge in [-0.15, -0.1) is 0 Å². The van der Waals surface area contributed by atoms with Gasteiger partial charge < -0.3 is 19.5 Å². The number of hydrogen-bond acceptors (Lipinski definition) is 7. The van der Waals surface area contributed by atoms with E-state index in [1.165, 1.54) is 9.13 Å². The first-order valence-corrected chi connectivity index (χ1v) is 14.0. The molecule has 4 heterocycles. The summed E-state index contributed by atoms with van der Waals surface area (Å²) in [5.41, 5.74) is -0.144. The van der Waals surface area contributed by atoms with Crippen molar-refractivity contribution < 1.29 is 9.53 Å². The van der Waals surface area contributed by atoms with Gasteiger partial charge in [-0.3, -0.25) is 18.9 Å². The lowest BCUT2D eigenvalue weighted by atomic mass is 10.1. The first-order chi connectivity index (χ1) is 19.6. The van der Waals surface area contributed by atoms with Gasteiger partial charge in [0.25, 0.3) is 5.56 Å². The zero-order valence-electron chi connectivity index (χ0n) is 24.3. The van der Waals surface area contributed by atoms with E-state index in [9.17, 15) is 14.4 Å². The minimum Gasteiger partial charge on any atom is -0.444 e. The molecule has 0 radical (unpaired) electrons. The van der Waals surface area contributed by atoms with Gasteiger partial charge in [0, 0.05) is 44.3 Å². The van der Waals surface area contributed by atoms with Crippen molar-refractivity contribution in [2.24, 2.45) is 7.05 Å². The van der Waals surface area contributed by atoms with Gasteiger partial charge >= 0.3 is 11.8 Å². The van der Waals surface area contributed by atoms with Crippen molar-refractivity contribution in [1.29, 1.82) is 0 Å². The van der Waals surface area contributed by atoms with Gasteiger partial charge in [0.1, 0.15) is 5.60 Å². The lowest BCUT2D eigenvalue weighted by molar-refractivity contribution is 0.0499. The highest BCUT2D eigenvalue weighted by atomic mass is 16.6. The molecule has 1 N–H and O–H groups in total. The summed E-state index contributed by atoms with van der Waals surface area (Å²) in [5, 5.41) is 4.85. The summed E-state index contributed by atoms with van der Waals surface area (Å²) in [4.78, 5) is 51.4. The predicted molar refractivity (Wildman–Crippen MR) is 159 cm³/mol. The zero-order valence-corrected chi connectivity index (χ0v) is 24.3. The predicted octanol–water partition coefficient (Wildman–Crippen LogP) is 3.56. The molecule has 0 aliphatic carbocycles. The maximum Gasteiger partial charge on any atom is 0.407 e. The van der Waals surface area contributed by atoms with Crippen molar-refractivity contribution in [1.82, 2.24) is 29.0 Å². The Kier molecular flexibility index (Phi) is 7.70. The molecular formula is C30H37N7O4. The molecule has 0 saturated carbocycles. The normalized spacial score (nSPS) is 16.1. The van der Waals surface area contributed by atoms with Crippen LogP contribution in [0.4, 0.5) is 10.7 Å². The number of alkyl carbamates (subject to hydrolysis) is 1. The number of imidazole rings is 1. The molecule has 0 spiro atoms. The number of fused-ring (bicyclic) bond motifs is 2. The van der Waals surface area contributed by atoms with Crippen LogP contribution in [0.5, 0.6) is 0 Å². The molecule has 1 aromatic carbocycles. The molecule has 3 aromatic heterocycles. The summed E-state index contributed by atoms with van der Waals surface area (Å²) in [6.45, 7) is 9.06. The van der Waals surface area contributed by atoms with Crippen molar-refractivity contribution in [3.05, 3.63) is 75.2 Å². The van der Waals surface area contributed by atoms with Crippen LogP contribution in [0.2, 0.25) is 0 Å². The van der Waals surface area contributed by atoms with E-state index in [0.717, 1.165) is 23.6 Å². The van der Waals surface area contributed by atoms with Crippen LogP contribution in [0, 0.1) is 0 Å². The maximum absolute atomic E-state index is 14.0. The van der Waals surface area contributed by atoms with Gasteiger partial charge in [0.05, 0.1) is 12.2 Å². The fourth-order valence-electron chi connectivity index (χ4n) is 5.33. The largest absolute Gasteiger partial charge is 0.444 e. The Morgan fingerprint density at radius 1 is 1.17 bits per heavy atom. The number of nitrogens with zero attached hydrogens (tertiary/aromatic N) is 6. The van der Waals surface area contributed by atoms with Crippen LogP contribution in [0.25, 0.3) is 21.9 Å². The van der Waals surface area contributed by atoms with Crippen molar-refractivity contribution in [3.63, 3.8) is 0 Å². The van der Waals surface area contributed by atoms with Crippen molar-refractivity contribution in [3.8, 4) is 0 Å². The Hall–Kier alpha value is -4.41. The number of nitrogens with one attached hydrogen (secondary N) is 1. The van der Waals surface area contributed by atoms with Gasteiger partial charge in [-0.05, 0) is 52.0 Å². The number of hydrogen-bond donors (Lipinski definition) is 1. The summed E-state index contributed by atoms with van der Waals surface area (Å²) in [6.07, 6.45) is 6.72. The van der Waals surface area contributed by atoms with Crippen LogP contribution in [0.3, 0.4) is 0 Å². The monoisotopic (exact) mass is 559 g/mol. The topological polar surface area (TPSA) is 116 Å². The number of ether oxygens (including phenoxy) is 1. The Balaban J connectivity index is 1.56. The Morgan fingerprint density at radius 3 is 2.71 bits per heavy atom. The SMILES string of the molecule is CC=CCn1c(N2CCCC(NC(=O)OC(C)(C)C)C2)nc2c1c(=O)n(Cc1nccc3ccccc13)c(=O)n2C. The molecule has 1 saturated heterocycles. The minimum atomic E-state index is -0.592. The number of amides is 1. The number of carbonyl (C=O) groups is 1. The average molecular weight is 560 g/mol. The van der Waals surface area contributed by atoms with E-state index < -0.39 is 22.9 Å².